The van der Waals surface area contributed by atoms with Crippen LogP contribution in [-0.2, 0) is 4.79 Å². The van der Waals surface area contributed by atoms with Crippen molar-refractivity contribution in [3.63, 3.8) is 0 Å². The number of nitrogens with zero attached hydrogens (tertiary/aromatic N) is 2. The third-order valence-electron chi connectivity index (χ3n) is 6.13. The molecule has 0 aromatic heterocycles. The molecule has 29 heavy (non-hydrogen) atoms. The van der Waals surface area contributed by atoms with Gasteiger partial charge in [0.05, 0.1) is 16.6 Å². The number of nitro groups is 1. The number of likely N-dealkylation sites (tertiary alicyclic amines) is 1. The standard InChI is InChI=1S/C21H29N3O5/c22-20(26)8-3-9-21(23-12-4-6-15-5-1-2-7-18(15)23)29-17-11-10-16(14-25)19(13-17)24(27)28/h10-11,13-15,18,21H,1-9,12H2,(H2,22,26). The van der Waals surface area contributed by atoms with Gasteiger partial charge in [0.15, 0.2) is 12.5 Å². The van der Waals surface area contributed by atoms with Crippen LogP contribution in [0.4, 0.5) is 5.69 Å². The minimum atomic E-state index is -0.573. The number of benzene rings is 1. The molecule has 1 aromatic rings. The smallest absolute Gasteiger partial charge is 0.283 e. The Morgan fingerprint density at radius 3 is 2.79 bits per heavy atom. The Labute approximate surface area is 170 Å². The topological polar surface area (TPSA) is 116 Å². The monoisotopic (exact) mass is 403 g/mol. The third-order valence-corrected chi connectivity index (χ3v) is 6.13. The first-order valence-corrected chi connectivity index (χ1v) is 10.4. The molecule has 1 aromatic carbocycles. The highest BCUT2D eigenvalue weighted by Crippen LogP contribution is 2.37. The molecule has 0 radical (unpaired) electrons. The number of nitrogens with two attached hydrogens (primary N) is 1. The summed E-state index contributed by atoms with van der Waals surface area (Å²) < 4.78 is 6.23. The van der Waals surface area contributed by atoms with Gasteiger partial charge in [0.2, 0.25) is 5.91 Å². The molecule has 1 aliphatic carbocycles. The van der Waals surface area contributed by atoms with Gasteiger partial charge >= 0.3 is 0 Å². The second kappa shape index (κ2) is 9.82. The zero-order chi connectivity index (χ0) is 20.8. The van der Waals surface area contributed by atoms with Crippen molar-refractivity contribution in [2.75, 3.05) is 6.54 Å². The first-order chi connectivity index (χ1) is 14.0. The van der Waals surface area contributed by atoms with Gasteiger partial charge in [-0.1, -0.05) is 12.8 Å². The van der Waals surface area contributed by atoms with Crippen molar-refractivity contribution in [3.8, 4) is 5.75 Å². The van der Waals surface area contributed by atoms with Crippen LogP contribution in [0.1, 0.15) is 68.1 Å². The van der Waals surface area contributed by atoms with Crippen LogP contribution in [0.5, 0.6) is 5.75 Å². The third kappa shape index (κ3) is 5.32. The second-order valence-electron chi connectivity index (χ2n) is 8.02. The van der Waals surface area contributed by atoms with E-state index in [1.165, 1.54) is 37.8 Å². The predicted molar refractivity (Wildman–Crippen MR) is 108 cm³/mol. The molecule has 3 rings (SSSR count). The Kier molecular flexibility index (Phi) is 7.19. The average Bonchev–Trinajstić information content (AvgIpc) is 2.72. The average molecular weight is 403 g/mol. The lowest BCUT2D eigenvalue weighted by molar-refractivity contribution is -0.385. The van der Waals surface area contributed by atoms with E-state index in [9.17, 15) is 19.7 Å². The number of hydrogen-bond donors (Lipinski definition) is 1. The summed E-state index contributed by atoms with van der Waals surface area (Å²) in [5.74, 6) is 0.680. The van der Waals surface area contributed by atoms with Crippen LogP contribution >= 0.6 is 0 Å². The van der Waals surface area contributed by atoms with E-state index < -0.39 is 4.92 Å². The van der Waals surface area contributed by atoms with Gasteiger partial charge in [0.1, 0.15) is 5.75 Å². The number of nitro benzene ring substituents is 1. The number of carbonyl (C=O) groups excluding carboxylic acids is 2. The van der Waals surface area contributed by atoms with Crippen molar-refractivity contribution in [1.29, 1.82) is 0 Å². The van der Waals surface area contributed by atoms with E-state index in [1.807, 2.05) is 0 Å². The Morgan fingerprint density at radius 1 is 1.31 bits per heavy atom. The maximum atomic E-state index is 11.3. The number of primary amides is 1. The number of ether oxygens (including phenoxy) is 1. The number of aldehydes is 1. The number of fused-ring (bicyclic) bond motifs is 1. The lowest BCUT2D eigenvalue weighted by Gasteiger charge is -2.47. The number of hydrogen-bond acceptors (Lipinski definition) is 6. The summed E-state index contributed by atoms with van der Waals surface area (Å²) in [6, 6.07) is 4.77. The van der Waals surface area contributed by atoms with Gasteiger partial charge < -0.3 is 10.5 Å². The van der Waals surface area contributed by atoms with E-state index in [1.54, 1.807) is 6.07 Å². The highest BCUT2D eigenvalue weighted by molar-refractivity contribution is 5.81. The molecule has 158 valence electrons. The fraction of sp³-hybridized carbons (Fsp3) is 0.619. The molecule has 8 nitrogen and oxygen atoms in total. The van der Waals surface area contributed by atoms with Crippen molar-refractivity contribution in [1.82, 2.24) is 4.90 Å². The maximum absolute atomic E-state index is 11.3. The Bertz CT molecular complexity index is 752. The summed E-state index contributed by atoms with van der Waals surface area (Å²) >= 11 is 0. The predicted octanol–water partition coefficient (Wildman–Crippen LogP) is 3.42. The van der Waals surface area contributed by atoms with Gasteiger partial charge in [0.25, 0.3) is 5.69 Å². The number of piperidine rings is 1. The van der Waals surface area contributed by atoms with Gasteiger partial charge in [-0.25, -0.2) is 0 Å². The largest absolute Gasteiger partial charge is 0.475 e. The molecule has 1 saturated carbocycles. The number of rotatable bonds is 9. The van der Waals surface area contributed by atoms with Crippen LogP contribution in [0.25, 0.3) is 0 Å². The summed E-state index contributed by atoms with van der Waals surface area (Å²) in [5, 5.41) is 11.3. The molecule has 1 aliphatic heterocycles. The molecular formula is C21H29N3O5. The Morgan fingerprint density at radius 2 is 2.07 bits per heavy atom. The zero-order valence-electron chi connectivity index (χ0n) is 16.6. The maximum Gasteiger partial charge on any atom is 0.283 e. The van der Waals surface area contributed by atoms with Crippen molar-refractivity contribution in [2.45, 2.75) is 70.1 Å². The fourth-order valence-electron chi connectivity index (χ4n) is 4.78. The lowest BCUT2D eigenvalue weighted by Crippen LogP contribution is -2.53. The van der Waals surface area contributed by atoms with E-state index in [4.69, 9.17) is 10.5 Å². The summed E-state index contributed by atoms with van der Waals surface area (Å²) in [6.45, 7) is 0.914. The molecule has 8 heteroatoms. The molecule has 1 saturated heterocycles. The highest BCUT2D eigenvalue weighted by atomic mass is 16.6. The first-order valence-electron chi connectivity index (χ1n) is 10.4. The van der Waals surface area contributed by atoms with Crippen LogP contribution in [0.3, 0.4) is 0 Å². The van der Waals surface area contributed by atoms with E-state index in [-0.39, 0.29) is 29.8 Å². The van der Waals surface area contributed by atoms with Gasteiger partial charge in [-0.15, -0.1) is 0 Å². The van der Waals surface area contributed by atoms with Crippen molar-refractivity contribution < 1.29 is 19.2 Å². The Balaban J connectivity index is 1.81. The van der Waals surface area contributed by atoms with E-state index >= 15 is 0 Å². The molecule has 3 unspecified atom stereocenters. The summed E-state index contributed by atoms with van der Waals surface area (Å²) in [5.41, 5.74) is 5.06. The normalized spacial score (nSPS) is 23.0. The second-order valence-corrected chi connectivity index (χ2v) is 8.02. The SMILES string of the molecule is NC(=O)CCCC(Oc1ccc(C=O)c([N+](=O)[O-])c1)N1CCCC2CCCCC21. The number of carbonyl (C=O) groups is 2. The molecule has 3 atom stereocenters. The van der Waals surface area contributed by atoms with Crippen LogP contribution < -0.4 is 10.5 Å². The molecule has 1 amide bonds. The molecule has 2 N–H and O–H groups in total. The van der Waals surface area contributed by atoms with Gasteiger partial charge in [-0.2, -0.15) is 0 Å². The van der Waals surface area contributed by atoms with E-state index in [0.717, 1.165) is 19.4 Å². The van der Waals surface area contributed by atoms with Crippen molar-refractivity contribution >= 4 is 17.9 Å². The lowest BCUT2D eigenvalue weighted by atomic mass is 9.78. The summed E-state index contributed by atoms with van der Waals surface area (Å²) in [4.78, 5) is 35.4. The van der Waals surface area contributed by atoms with Crippen LogP contribution in [-0.4, -0.2) is 40.8 Å². The first kappa shape index (κ1) is 21.2. The van der Waals surface area contributed by atoms with Gasteiger partial charge in [-0.3, -0.25) is 24.6 Å². The van der Waals surface area contributed by atoms with Gasteiger partial charge in [-0.05, 0) is 56.6 Å². The molecule has 0 spiro atoms. The molecule has 0 bridgehead atoms. The Hall–Kier alpha value is -2.48. The van der Waals surface area contributed by atoms with E-state index in [2.05, 4.69) is 4.90 Å². The molecular weight excluding hydrogens is 374 g/mol. The van der Waals surface area contributed by atoms with Crippen LogP contribution in [0, 0.1) is 16.0 Å². The van der Waals surface area contributed by atoms with Gasteiger partial charge in [0, 0.05) is 19.0 Å². The zero-order valence-corrected chi connectivity index (χ0v) is 16.6. The molecule has 1 heterocycles. The highest BCUT2D eigenvalue weighted by Gasteiger charge is 2.37. The quantitative estimate of drug-likeness (QED) is 0.384. The summed E-state index contributed by atoms with van der Waals surface area (Å²) in [7, 11) is 0. The van der Waals surface area contributed by atoms with Crippen LogP contribution in [0.2, 0.25) is 0 Å². The van der Waals surface area contributed by atoms with Crippen LogP contribution in [0.15, 0.2) is 18.2 Å². The van der Waals surface area contributed by atoms with Crippen molar-refractivity contribution in [3.05, 3.63) is 33.9 Å². The van der Waals surface area contributed by atoms with Crippen molar-refractivity contribution in [2.24, 2.45) is 11.7 Å². The molecule has 2 aliphatic rings. The number of amides is 1. The van der Waals surface area contributed by atoms with E-state index in [0.29, 0.717) is 36.8 Å². The molecule has 2 fully saturated rings. The minimum absolute atomic E-state index is 0.0259. The summed E-state index contributed by atoms with van der Waals surface area (Å²) in [6.07, 6.45) is 8.86. The minimum Gasteiger partial charge on any atom is -0.475 e. The fourth-order valence-corrected chi connectivity index (χ4v) is 4.78.